The topological polar surface area (TPSA) is 18.5 Å². The van der Waals surface area contributed by atoms with E-state index in [1.807, 2.05) is 19.1 Å². The van der Waals surface area contributed by atoms with Crippen molar-refractivity contribution in [3.05, 3.63) is 42.0 Å². The summed E-state index contributed by atoms with van der Waals surface area (Å²) in [6.07, 6.45) is 4.35. The number of hydrogen-bond donors (Lipinski definition) is 0. The SMILES string of the molecule is C=Cc1ccccc1C(CC)O[Si]C(CC)C(C)OCC. The Hall–Kier alpha value is -0.903. The second-order valence-electron chi connectivity index (χ2n) is 5.14. The second kappa shape index (κ2) is 9.93. The van der Waals surface area contributed by atoms with E-state index in [1.165, 1.54) is 11.1 Å². The van der Waals surface area contributed by atoms with Crippen LogP contribution in [0, 0.1) is 0 Å². The van der Waals surface area contributed by atoms with Crippen LogP contribution < -0.4 is 0 Å². The van der Waals surface area contributed by atoms with Gasteiger partial charge in [-0.2, -0.15) is 0 Å². The molecule has 1 aromatic carbocycles. The first-order valence-electron chi connectivity index (χ1n) is 7.91. The summed E-state index contributed by atoms with van der Waals surface area (Å²) in [4.78, 5) is 0. The molecular formula is C18H28O2Si. The van der Waals surface area contributed by atoms with Crippen molar-refractivity contribution >= 4 is 15.8 Å². The van der Waals surface area contributed by atoms with E-state index in [0.717, 1.165) is 19.4 Å². The zero-order valence-electron chi connectivity index (χ0n) is 13.8. The van der Waals surface area contributed by atoms with Gasteiger partial charge in [0.2, 0.25) is 9.76 Å². The summed E-state index contributed by atoms with van der Waals surface area (Å²) in [7, 11) is 0.465. The van der Waals surface area contributed by atoms with Gasteiger partial charge in [0.1, 0.15) is 0 Å². The van der Waals surface area contributed by atoms with Crippen LogP contribution in [0.25, 0.3) is 6.08 Å². The zero-order chi connectivity index (χ0) is 15.7. The Labute approximate surface area is 132 Å². The van der Waals surface area contributed by atoms with Crippen molar-refractivity contribution in [1.29, 1.82) is 0 Å². The summed E-state index contributed by atoms with van der Waals surface area (Å²) >= 11 is 0. The Kier molecular flexibility index (Phi) is 8.58. The van der Waals surface area contributed by atoms with Crippen molar-refractivity contribution in [2.24, 2.45) is 0 Å². The van der Waals surface area contributed by atoms with Crippen LogP contribution in [0.1, 0.15) is 57.8 Å². The third-order valence-corrected chi connectivity index (χ3v) is 5.33. The Morgan fingerprint density at radius 1 is 1.19 bits per heavy atom. The molecule has 3 atom stereocenters. The van der Waals surface area contributed by atoms with Crippen LogP contribution in [0.15, 0.2) is 30.8 Å². The van der Waals surface area contributed by atoms with Gasteiger partial charge < -0.3 is 9.16 Å². The Morgan fingerprint density at radius 2 is 1.90 bits per heavy atom. The number of hydrogen-bond acceptors (Lipinski definition) is 2. The third kappa shape index (κ3) is 5.42. The average Bonchev–Trinajstić information content (AvgIpc) is 2.52. The molecule has 0 aliphatic heterocycles. The van der Waals surface area contributed by atoms with Crippen molar-refractivity contribution in [2.45, 2.75) is 58.3 Å². The molecule has 3 heteroatoms. The van der Waals surface area contributed by atoms with Crippen LogP contribution in [-0.2, 0) is 9.16 Å². The molecule has 0 aliphatic carbocycles. The van der Waals surface area contributed by atoms with Crippen molar-refractivity contribution in [3.63, 3.8) is 0 Å². The van der Waals surface area contributed by atoms with E-state index in [9.17, 15) is 0 Å². The molecule has 0 heterocycles. The maximum Gasteiger partial charge on any atom is 0.236 e. The van der Waals surface area contributed by atoms with Crippen LogP contribution >= 0.6 is 0 Å². The van der Waals surface area contributed by atoms with Gasteiger partial charge in [-0.15, -0.1) is 0 Å². The van der Waals surface area contributed by atoms with E-state index < -0.39 is 0 Å². The highest BCUT2D eigenvalue weighted by atomic mass is 28.2. The lowest BCUT2D eigenvalue weighted by atomic mass is 10.0. The number of ether oxygens (including phenoxy) is 1. The molecule has 0 saturated carbocycles. The molecule has 0 spiro atoms. The minimum absolute atomic E-state index is 0.139. The predicted molar refractivity (Wildman–Crippen MR) is 91.5 cm³/mol. The van der Waals surface area contributed by atoms with E-state index in [1.54, 1.807) is 0 Å². The molecule has 0 bridgehead atoms. The minimum atomic E-state index is 0.139. The summed E-state index contributed by atoms with van der Waals surface area (Å²) in [6.45, 7) is 13.2. The van der Waals surface area contributed by atoms with Crippen LogP contribution in [-0.4, -0.2) is 22.5 Å². The van der Waals surface area contributed by atoms with Crippen LogP contribution in [0.5, 0.6) is 0 Å². The lowest BCUT2D eigenvalue weighted by Crippen LogP contribution is -2.23. The van der Waals surface area contributed by atoms with E-state index in [0.29, 0.717) is 15.3 Å². The van der Waals surface area contributed by atoms with Crippen molar-refractivity contribution in [1.82, 2.24) is 0 Å². The van der Waals surface area contributed by atoms with Crippen molar-refractivity contribution < 1.29 is 9.16 Å². The van der Waals surface area contributed by atoms with Crippen LogP contribution in [0.2, 0.25) is 5.54 Å². The average molecular weight is 305 g/mol. The van der Waals surface area contributed by atoms with Crippen molar-refractivity contribution in [2.75, 3.05) is 6.61 Å². The summed E-state index contributed by atoms with van der Waals surface area (Å²) in [5, 5.41) is 0. The molecule has 1 rings (SSSR count). The van der Waals surface area contributed by atoms with E-state index >= 15 is 0 Å². The molecule has 0 saturated heterocycles. The van der Waals surface area contributed by atoms with Gasteiger partial charge in [-0.3, -0.25) is 0 Å². The van der Waals surface area contributed by atoms with Gasteiger partial charge >= 0.3 is 0 Å². The first kappa shape index (κ1) is 18.1. The molecule has 21 heavy (non-hydrogen) atoms. The Bertz CT molecular complexity index is 419. The van der Waals surface area contributed by atoms with Crippen molar-refractivity contribution in [3.8, 4) is 0 Å². The summed E-state index contributed by atoms with van der Waals surface area (Å²) in [5.41, 5.74) is 2.87. The second-order valence-corrected chi connectivity index (χ2v) is 6.35. The predicted octanol–water partition coefficient (Wildman–Crippen LogP) is 5.04. The molecule has 2 radical (unpaired) electrons. The largest absolute Gasteiger partial charge is 0.410 e. The molecular weight excluding hydrogens is 276 g/mol. The summed E-state index contributed by atoms with van der Waals surface area (Å²) < 4.78 is 12.0. The van der Waals surface area contributed by atoms with Gasteiger partial charge in [-0.25, -0.2) is 0 Å². The monoisotopic (exact) mass is 304 g/mol. The van der Waals surface area contributed by atoms with Crippen LogP contribution in [0.3, 0.4) is 0 Å². The molecule has 2 nitrogen and oxygen atoms in total. The maximum atomic E-state index is 6.24. The van der Waals surface area contributed by atoms with Gasteiger partial charge in [-0.05, 0) is 31.4 Å². The zero-order valence-corrected chi connectivity index (χ0v) is 14.8. The highest BCUT2D eigenvalue weighted by Gasteiger charge is 2.21. The van der Waals surface area contributed by atoms with Gasteiger partial charge in [-0.1, -0.05) is 57.2 Å². The Balaban J connectivity index is 2.71. The Morgan fingerprint density at radius 3 is 2.48 bits per heavy atom. The number of benzene rings is 1. The highest BCUT2D eigenvalue weighted by Crippen LogP contribution is 2.27. The highest BCUT2D eigenvalue weighted by molar-refractivity contribution is 6.29. The summed E-state index contributed by atoms with van der Waals surface area (Å²) in [5.74, 6) is 0. The maximum absolute atomic E-state index is 6.24. The lowest BCUT2D eigenvalue weighted by Gasteiger charge is -2.25. The van der Waals surface area contributed by atoms with E-state index in [-0.39, 0.29) is 12.2 Å². The normalized spacial score (nSPS) is 15.4. The first-order chi connectivity index (χ1) is 10.2. The molecule has 1 aromatic rings. The first-order valence-corrected chi connectivity index (χ1v) is 8.90. The van der Waals surface area contributed by atoms with E-state index in [4.69, 9.17) is 9.16 Å². The van der Waals surface area contributed by atoms with Gasteiger partial charge in [0, 0.05) is 12.1 Å². The standard InChI is InChI=1S/C18H28O2Si/c1-6-15-12-10-11-13-16(15)17(7-2)20-21-18(8-3)14(5)19-9-4/h6,10-14,17-18H,1,7-9H2,2-5H3. The molecule has 0 aliphatic rings. The lowest BCUT2D eigenvalue weighted by molar-refractivity contribution is 0.0642. The summed E-state index contributed by atoms with van der Waals surface area (Å²) in [6, 6.07) is 8.35. The molecule has 3 unspecified atom stereocenters. The quantitative estimate of drug-likeness (QED) is 0.564. The molecule has 0 fully saturated rings. The van der Waals surface area contributed by atoms with E-state index in [2.05, 4.69) is 45.5 Å². The number of rotatable bonds is 10. The molecule has 0 aromatic heterocycles. The van der Waals surface area contributed by atoms with Gasteiger partial charge in [0.05, 0.1) is 12.2 Å². The third-order valence-electron chi connectivity index (χ3n) is 3.73. The minimum Gasteiger partial charge on any atom is -0.410 e. The fourth-order valence-electron chi connectivity index (χ4n) is 2.42. The fraction of sp³-hybridized carbons (Fsp3) is 0.556. The van der Waals surface area contributed by atoms with Gasteiger partial charge in [0.25, 0.3) is 0 Å². The van der Waals surface area contributed by atoms with Crippen LogP contribution in [0.4, 0.5) is 0 Å². The molecule has 0 amide bonds. The fourth-order valence-corrected chi connectivity index (χ4v) is 3.50. The smallest absolute Gasteiger partial charge is 0.236 e. The molecule has 0 N–H and O–H groups in total. The molecule has 116 valence electrons. The van der Waals surface area contributed by atoms with Gasteiger partial charge in [0.15, 0.2) is 0 Å².